The average molecular weight is 566 g/mol. The number of para-hydroxylation sites is 1. The molecule has 0 spiro atoms. The van der Waals surface area contributed by atoms with Gasteiger partial charge in [0.25, 0.3) is 0 Å². The van der Waals surface area contributed by atoms with Gasteiger partial charge in [-0.05, 0) is 61.2 Å². The van der Waals surface area contributed by atoms with E-state index >= 15 is 0 Å². The molecule has 0 aliphatic heterocycles. The Bertz CT molecular complexity index is 1320. The van der Waals surface area contributed by atoms with E-state index in [0.29, 0.717) is 36.6 Å². The number of rotatable bonds is 15. The molecule has 0 bridgehead atoms. The minimum atomic E-state index is -3.81. The smallest absolute Gasteiger partial charge is 0.244 e. The van der Waals surface area contributed by atoms with E-state index < -0.39 is 28.5 Å². The zero-order valence-electron chi connectivity index (χ0n) is 23.5. The Kier molecular flexibility index (Phi) is 11.6. The highest BCUT2D eigenvalue weighted by Gasteiger charge is 2.31. The Morgan fingerprint density at radius 2 is 1.48 bits per heavy atom. The molecule has 9 heteroatoms. The van der Waals surface area contributed by atoms with Crippen LogP contribution in [0.4, 0.5) is 5.69 Å². The van der Waals surface area contributed by atoms with E-state index in [2.05, 4.69) is 5.32 Å². The van der Waals surface area contributed by atoms with Gasteiger partial charge in [0.05, 0.1) is 11.9 Å². The molecular formula is C31H39N3O5S. The maximum atomic E-state index is 13.8. The fourth-order valence-corrected chi connectivity index (χ4v) is 5.17. The molecule has 3 aromatic carbocycles. The minimum Gasteiger partial charge on any atom is -0.457 e. The van der Waals surface area contributed by atoms with Crippen molar-refractivity contribution in [2.45, 2.75) is 45.6 Å². The predicted molar refractivity (Wildman–Crippen MR) is 159 cm³/mol. The van der Waals surface area contributed by atoms with Crippen LogP contribution < -0.4 is 14.4 Å². The molecule has 0 aliphatic rings. The second-order valence-electron chi connectivity index (χ2n) is 9.57. The summed E-state index contributed by atoms with van der Waals surface area (Å²) < 4.78 is 32.6. The molecule has 214 valence electrons. The third-order valence-electron chi connectivity index (χ3n) is 6.48. The van der Waals surface area contributed by atoms with E-state index in [1.807, 2.05) is 74.5 Å². The number of amides is 2. The maximum Gasteiger partial charge on any atom is 0.244 e. The molecule has 0 radical (unpaired) electrons. The first-order chi connectivity index (χ1) is 19.2. The van der Waals surface area contributed by atoms with E-state index in [1.54, 1.807) is 24.3 Å². The first-order valence-corrected chi connectivity index (χ1v) is 15.5. The van der Waals surface area contributed by atoms with Gasteiger partial charge in [-0.2, -0.15) is 0 Å². The summed E-state index contributed by atoms with van der Waals surface area (Å²) in [5, 5.41) is 2.93. The van der Waals surface area contributed by atoms with Crippen molar-refractivity contribution < 1.29 is 22.7 Å². The van der Waals surface area contributed by atoms with E-state index in [-0.39, 0.29) is 12.5 Å². The van der Waals surface area contributed by atoms with E-state index in [4.69, 9.17) is 4.74 Å². The highest BCUT2D eigenvalue weighted by atomic mass is 32.2. The van der Waals surface area contributed by atoms with Gasteiger partial charge in [0.2, 0.25) is 21.8 Å². The SMILES string of the molecule is CCCCNC(=O)[C@H](CC)N(CCc1ccccc1)C(=O)CN(c1ccc(Oc2ccccc2)cc1)S(C)(=O)=O. The molecule has 0 fully saturated rings. The largest absolute Gasteiger partial charge is 0.457 e. The Balaban J connectivity index is 1.83. The third-order valence-corrected chi connectivity index (χ3v) is 7.62. The Morgan fingerprint density at radius 1 is 0.875 bits per heavy atom. The molecule has 0 heterocycles. The monoisotopic (exact) mass is 565 g/mol. The number of unbranched alkanes of at least 4 members (excludes halogenated alkanes) is 1. The molecule has 0 unspecified atom stereocenters. The highest BCUT2D eigenvalue weighted by Crippen LogP contribution is 2.26. The maximum absolute atomic E-state index is 13.8. The van der Waals surface area contributed by atoms with Crippen molar-refractivity contribution in [2.75, 3.05) is 30.2 Å². The summed E-state index contributed by atoms with van der Waals surface area (Å²) in [6.45, 7) is 4.28. The lowest BCUT2D eigenvalue weighted by atomic mass is 10.1. The first-order valence-electron chi connectivity index (χ1n) is 13.6. The van der Waals surface area contributed by atoms with E-state index in [9.17, 15) is 18.0 Å². The second kappa shape index (κ2) is 15.1. The summed E-state index contributed by atoms with van der Waals surface area (Å²) in [4.78, 5) is 28.4. The topological polar surface area (TPSA) is 96.0 Å². The number of hydrogen-bond acceptors (Lipinski definition) is 5. The van der Waals surface area contributed by atoms with Gasteiger partial charge in [-0.3, -0.25) is 13.9 Å². The fourth-order valence-electron chi connectivity index (χ4n) is 4.32. The van der Waals surface area contributed by atoms with Crippen LogP contribution in [-0.4, -0.2) is 57.1 Å². The molecule has 3 aromatic rings. The van der Waals surface area contributed by atoms with E-state index in [0.717, 1.165) is 29.0 Å². The van der Waals surface area contributed by atoms with Crippen molar-refractivity contribution in [3.05, 3.63) is 90.5 Å². The number of carbonyl (C=O) groups excluding carboxylic acids is 2. The van der Waals surface area contributed by atoms with Crippen LogP contribution in [0.2, 0.25) is 0 Å². The lowest BCUT2D eigenvalue weighted by Gasteiger charge is -2.33. The number of ether oxygens (including phenoxy) is 1. The fraction of sp³-hybridized carbons (Fsp3) is 0.355. The molecule has 40 heavy (non-hydrogen) atoms. The molecule has 1 N–H and O–H groups in total. The molecule has 0 saturated heterocycles. The number of nitrogens with zero attached hydrogens (tertiary/aromatic N) is 2. The summed E-state index contributed by atoms with van der Waals surface area (Å²) in [5.41, 5.74) is 1.36. The number of hydrogen-bond donors (Lipinski definition) is 1. The van der Waals surface area contributed by atoms with Crippen molar-refractivity contribution in [3.8, 4) is 11.5 Å². The summed E-state index contributed by atoms with van der Waals surface area (Å²) in [6.07, 6.45) is 3.79. The van der Waals surface area contributed by atoms with Crippen LogP contribution in [0.1, 0.15) is 38.7 Å². The van der Waals surface area contributed by atoms with Crippen molar-refractivity contribution in [3.63, 3.8) is 0 Å². The summed E-state index contributed by atoms with van der Waals surface area (Å²) >= 11 is 0. The summed E-state index contributed by atoms with van der Waals surface area (Å²) in [7, 11) is -3.81. The van der Waals surface area contributed by atoms with Gasteiger partial charge in [0.1, 0.15) is 24.1 Å². The van der Waals surface area contributed by atoms with Gasteiger partial charge in [-0.25, -0.2) is 8.42 Å². The summed E-state index contributed by atoms with van der Waals surface area (Å²) in [5.74, 6) is 0.519. The van der Waals surface area contributed by atoms with Gasteiger partial charge < -0.3 is 15.0 Å². The van der Waals surface area contributed by atoms with Gasteiger partial charge >= 0.3 is 0 Å². The zero-order chi connectivity index (χ0) is 29.0. The number of carbonyl (C=O) groups is 2. The van der Waals surface area contributed by atoms with Crippen molar-refractivity contribution in [1.29, 1.82) is 0 Å². The van der Waals surface area contributed by atoms with Gasteiger partial charge in [0.15, 0.2) is 0 Å². The molecule has 1 atom stereocenters. The number of nitrogens with one attached hydrogen (secondary N) is 1. The van der Waals surface area contributed by atoms with Crippen LogP contribution in [0, 0.1) is 0 Å². The minimum absolute atomic E-state index is 0.231. The average Bonchev–Trinajstić information content (AvgIpc) is 2.95. The molecule has 8 nitrogen and oxygen atoms in total. The van der Waals surface area contributed by atoms with E-state index in [1.165, 1.54) is 4.90 Å². The zero-order valence-corrected chi connectivity index (χ0v) is 24.3. The normalized spacial score (nSPS) is 11.9. The number of anilines is 1. The van der Waals surface area contributed by atoms with Gasteiger partial charge in [-0.15, -0.1) is 0 Å². The van der Waals surface area contributed by atoms with Crippen molar-refractivity contribution in [2.24, 2.45) is 0 Å². The lowest BCUT2D eigenvalue weighted by Crippen LogP contribution is -2.53. The van der Waals surface area contributed by atoms with Gasteiger partial charge in [0, 0.05) is 13.1 Å². The molecular weight excluding hydrogens is 526 g/mol. The van der Waals surface area contributed by atoms with Crippen LogP contribution in [-0.2, 0) is 26.0 Å². The molecule has 0 aromatic heterocycles. The van der Waals surface area contributed by atoms with Crippen LogP contribution in [0.5, 0.6) is 11.5 Å². The standard InChI is InChI=1S/C31H39N3O5S/c1-4-6-22-32-31(36)29(5-2)33(23-21-25-13-9-7-10-14-25)30(35)24-34(40(3,37)38)26-17-19-28(20-18-26)39-27-15-11-8-12-16-27/h7-20,29H,4-6,21-24H2,1-3H3,(H,32,36)/t29-/m0/s1. The molecule has 2 amide bonds. The van der Waals surface area contributed by atoms with Crippen LogP contribution in [0.3, 0.4) is 0 Å². The van der Waals surface area contributed by atoms with Crippen molar-refractivity contribution >= 4 is 27.5 Å². The number of benzene rings is 3. The predicted octanol–water partition coefficient (Wildman–Crippen LogP) is 5.01. The van der Waals surface area contributed by atoms with Crippen LogP contribution in [0.25, 0.3) is 0 Å². The highest BCUT2D eigenvalue weighted by molar-refractivity contribution is 7.92. The Morgan fingerprint density at radius 3 is 2.05 bits per heavy atom. The second-order valence-corrected chi connectivity index (χ2v) is 11.5. The van der Waals surface area contributed by atoms with Crippen molar-refractivity contribution in [1.82, 2.24) is 10.2 Å². The Labute approximate surface area is 238 Å². The third kappa shape index (κ3) is 9.12. The quantitative estimate of drug-likeness (QED) is 0.261. The summed E-state index contributed by atoms with van der Waals surface area (Å²) in [6, 6.07) is 24.8. The molecule has 0 aliphatic carbocycles. The molecule has 3 rings (SSSR count). The van der Waals surface area contributed by atoms with Crippen LogP contribution >= 0.6 is 0 Å². The first kappa shape index (κ1) is 30.7. The van der Waals surface area contributed by atoms with Crippen LogP contribution in [0.15, 0.2) is 84.9 Å². The van der Waals surface area contributed by atoms with Gasteiger partial charge in [-0.1, -0.05) is 68.8 Å². The number of sulfonamides is 1. The lowest BCUT2D eigenvalue weighted by molar-refractivity contribution is -0.139. The Hall–Kier alpha value is -3.85. The molecule has 0 saturated carbocycles.